The first-order chi connectivity index (χ1) is 10.1. The highest BCUT2D eigenvalue weighted by atomic mass is 32.2. The van der Waals surface area contributed by atoms with Crippen molar-refractivity contribution in [1.29, 1.82) is 0 Å². The minimum absolute atomic E-state index is 0.407. The second-order valence-corrected chi connectivity index (χ2v) is 7.74. The van der Waals surface area contributed by atoms with Crippen molar-refractivity contribution in [3.05, 3.63) is 29.8 Å². The van der Waals surface area contributed by atoms with Crippen molar-refractivity contribution < 1.29 is 8.42 Å². The summed E-state index contributed by atoms with van der Waals surface area (Å²) in [5.41, 5.74) is 0.842. The van der Waals surface area contributed by atoms with Gasteiger partial charge in [0.2, 0.25) is 10.0 Å². The Morgan fingerprint density at radius 3 is 2.86 bits per heavy atom. The van der Waals surface area contributed by atoms with E-state index in [1.807, 2.05) is 19.2 Å². The maximum absolute atomic E-state index is 13.0. The van der Waals surface area contributed by atoms with Crippen molar-refractivity contribution in [3.63, 3.8) is 0 Å². The number of nitrogens with zero attached hydrogens (tertiary/aromatic N) is 2. The van der Waals surface area contributed by atoms with E-state index < -0.39 is 10.0 Å². The van der Waals surface area contributed by atoms with Crippen molar-refractivity contribution in [3.8, 4) is 0 Å². The van der Waals surface area contributed by atoms with Crippen LogP contribution in [0.2, 0.25) is 0 Å². The molecule has 1 aromatic rings. The highest BCUT2D eigenvalue weighted by Crippen LogP contribution is 2.27. The van der Waals surface area contributed by atoms with Gasteiger partial charge in [-0.2, -0.15) is 4.31 Å². The van der Waals surface area contributed by atoms with E-state index in [9.17, 15) is 8.42 Å². The van der Waals surface area contributed by atoms with Crippen LogP contribution in [0.3, 0.4) is 0 Å². The molecule has 2 aliphatic rings. The normalized spacial score (nSPS) is 24.1. The number of hydrogen-bond acceptors (Lipinski definition) is 4. The van der Waals surface area contributed by atoms with E-state index in [1.54, 1.807) is 16.4 Å². The molecular weight excluding hydrogens is 286 g/mol. The van der Waals surface area contributed by atoms with E-state index in [0.29, 0.717) is 30.6 Å². The molecule has 0 aliphatic carbocycles. The van der Waals surface area contributed by atoms with Crippen LogP contribution in [0.1, 0.15) is 18.4 Å². The molecule has 0 bridgehead atoms. The summed E-state index contributed by atoms with van der Waals surface area (Å²) >= 11 is 0. The molecular formula is C15H23N3O2S. The van der Waals surface area contributed by atoms with E-state index in [0.717, 1.165) is 25.1 Å². The second kappa shape index (κ2) is 6.04. The van der Waals surface area contributed by atoms with Gasteiger partial charge in [0.05, 0.1) is 4.90 Å². The number of hydrogen-bond donors (Lipinski definition) is 1. The lowest BCUT2D eigenvalue weighted by Crippen LogP contribution is -2.52. The molecule has 0 spiro atoms. The van der Waals surface area contributed by atoms with Crippen molar-refractivity contribution >= 4 is 10.0 Å². The quantitative estimate of drug-likeness (QED) is 0.897. The first-order valence-electron chi connectivity index (χ1n) is 7.59. The van der Waals surface area contributed by atoms with E-state index in [-0.39, 0.29) is 0 Å². The Bertz CT molecular complexity index is 603. The third-order valence-electron chi connectivity index (χ3n) is 4.51. The van der Waals surface area contributed by atoms with Gasteiger partial charge in [-0.1, -0.05) is 18.2 Å². The van der Waals surface area contributed by atoms with Crippen LogP contribution in [-0.2, 0) is 16.6 Å². The Hall–Kier alpha value is -0.950. The summed E-state index contributed by atoms with van der Waals surface area (Å²) in [6.07, 6.45) is 2.30. The van der Waals surface area contributed by atoms with Crippen LogP contribution in [0.25, 0.3) is 0 Å². The molecule has 1 unspecified atom stereocenters. The van der Waals surface area contributed by atoms with E-state index in [1.165, 1.54) is 6.42 Å². The molecule has 0 amide bonds. The Labute approximate surface area is 127 Å². The lowest BCUT2D eigenvalue weighted by Gasteiger charge is -2.36. The van der Waals surface area contributed by atoms with Gasteiger partial charge in [0.1, 0.15) is 0 Å². The highest BCUT2D eigenvalue weighted by Gasteiger charge is 2.36. The average Bonchev–Trinajstić information content (AvgIpc) is 2.95. The fourth-order valence-corrected chi connectivity index (χ4v) is 5.10. The van der Waals surface area contributed by atoms with Crippen LogP contribution in [0.15, 0.2) is 29.2 Å². The number of rotatable bonds is 4. The molecule has 1 atom stereocenters. The van der Waals surface area contributed by atoms with Crippen molar-refractivity contribution in [2.45, 2.75) is 30.3 Å². The van der Waals surface area contributed by atoms with Crippen LogP contribution in [0.5, 0.6) is 0 Å². The number of benzene rings is 1. The van der Waals surface area contributed by atoms with E-state index >= 15 is 0 Å². The zero-order valence-electron chi connectivity index (χ0n) is 12.5. The van der Waals surface area contributed by atoms with Crippen LogP contribution < -0.4 is 5.32 Å². The fraction of sp³-hybridized carbons (Fsp3) is 0.600. The lowest BCUT2D eigenvalue weighted by molar-refractivity contribution is 0.158. The van der Waals surface area contributed by atoms with Gasteiger partial charge in [-0.15, -0.1) is 0 Å². The van der Waals surface area contributed by atoms with Gasteiger partial charge < -0.3 is 5.32 Å². The molecule has 0 radical (unpaired) electrons. The molecule has 0 saturated carbocycles. The van der Waals surface area contributed by atoms with Gasteiger partial charge in [-0.25, -0.2) is 8.42 Å². The average molecular weight is 309 g/mol. The molecule has 5 nitrogen and oxygen atoms in total. The van der Waals surface area contributed by atoms with Gasteiger partial charge in [0, 0.05) is 32.2 Å². The summed E-state index contributed by atoms with van der Waals surface area (Å²) in [5.74, 6) is 0. The standard InChI is InChI=1S/C15H23N3O2S/c1-16-11-13-5-2-3-7-15(13)21(19,20)18-10-9-17-8-4-6-14(17)12-18/h2-3,5,7,14,16H,4,6,8-12H2,1H3. The monoisotopic (exact) mass is 309 g/mol. The smallest absolute Gasteiger partial charge is 0.243 e. The SMILES string of the molecule is CNCc1ccccc1S(=O)(=O)N1CCN2CCCC2C1. The topological polar surface area (TPSA) is 52.7 Å². The molecule has 3 rings (SSSR count). The number of fused-ring (bicyclic) bond motifs is 1. The summed E-state index contributed by atoms with van der Waals surface area (Å²) in [6, 6.07) is 7.71. The molecule has 2 saturated heterocycles. The molecule has 0 aromatic heterocycles. The molecule has 1 N–H and O–H groups in total. The Morgan fingerprint density at radius 1 is 1.24 bits per heavy atom. The number of nitrogens with one attached hydrogen (secondary N) is 1. The van der Waals surface area contributed by atoms with Crippen LogP contribution in [-0.4, -0.2) is 56.9 Å². The predicted molar refractivity (Wildman–Crippen MR) is 82.6 cm³/mol. The first-order valence-corrected chi connectivity index (χ1v) is 9.03. The van der Waals surface area contributed by atoms with Crippen molar-refractivity contribution in [1.82, 2.24) is 14.5 Å². The van der Waals surface area contributed by atoms with Crippen LogP contribution in [0, 0.1) is 0 Å². The molecule has 2 aliphatic heterocycles. The third kappa shape index (κ3) is 2.85. The fourth-order valence-electron chi connectivity index (χ4n) is 3.41. The largest absolute Gasteiger partial charge is 0.316 e. The second-order valence-electron chi connectivity index (χ2n) is 5.83. The van der Waals surface area contributed by atoms with Gasteiger partial charge in [0.15, 0.2) is 0 Å². The summed E-state index contributed by atoms with van der Waals surface area (Å²) in [5, 5.41) is 3.05. The van der Waals surface area contributed by atoms with Crippen LogP contribution in [0.4, 0.5) is 0 Å². The number of sulfonamides is 1. The van der Waals surface area contributed by atoms with Crippen molar-refractivity contribution in [2.24, 2.45) is 0 Å². The summed E-state index contributed by atoms with van der Waals surface area (Å²) in [4.78, 5) is 2.87. The minimum atomic E-state index is -3.39. The molecule has 2 fully saturated rings. The summed E-state index contributed by atoms with van der Waals surface area (Å²) < 4.78 is 27.6. The molecule has 6 heteroatoms. The molecule has 116 valence electrons. The minimum Gasteiger partial charge on any atom is -0.316 e. The first kappa shape index (κ1) is 15.0. The Kier molecular flexibility index (Phi) is 4.31. The lowest BCUT2D eigenvalue weighted by atomic mass is 10.2. The maximum atomic E-state index is 13.0. The Morgan fingerprint density at radius 2 is 2.05 bits per heavy atom. The molecule has 1 aromatic carbocycles. The Balaban J connectivity index is 1.87. The zero-order chi connectivity index (χ0) is 14.9. The zero-order valence-corrected chi connectivity index (χ0v) is 13.3. The van der Waals surface area contributed by atoms with Gasteiger partial charge in [-0.3, -0.25) is 4.90 Å². The third-order valence-corrected chi connectivity index (χ3v) is 6.47. The summed E-state index contributed by atoms with van der Waals surface area (Å²) in [6.45, 7) is 3.79. The highest BCUT2D eigenvalue weighted by molar-refractivity contribution is 7.89. The molecule has 21 heavy (non-hydrogen) atoms. The van der Waals surface area contributed by atoms with E-state index in [2.05, 4.69) is 10.2 Å². The summed E-state index contributed by atoms with van der Waals surface area (Å²) in [7, 11) is -1.55. The van der Waals surface area contributed by atoms with Gasteiger partial charge in [0.25, 0.3) is 0 Å². The van der Waals surface area contributed by atoms with Crippen molar-refractivity contribution in [2.75, 3.05) is 33.2 Å². The predicted octanol–water partition coefficient (Wildman–Crippen LogP) is 0.875. The molecule has 2 heterocycles. The van der Waals surface area contributed by atoms with Crippen LogP contribution >= 0.6 is 0 Å². The van der Waals surface area contributed by atoms with Gasteiger partial charge in [-0.05, 0) is 38.1 Å². The number of piperazine rings is 1. The maximum Gasteiger partial charge on any atom is 0.243 e. The van der Waals surface area contributed by atoms with E-state index in [4.69, 9.17) is 0 Å². The van der Waals surface area contributed by atoms with Gasteiger partial charge >= 0.3 is 0 Å².